The van der Waals surface area contributed by atoms with Crippen LogP contribution in [0.5, 0.6) is 0 Å². The van der Waals surface area contributed by atoms with Crippen molar-refractivity contribution in [3.63, 3.8) is 0 Å². The standard InChI is InChI=1S/C5H10N2O/c1-4(3-6)5(8)7-2/h3H,6H2,1-2H3,(H,7,8)/b4-3-. The van der Waals surface area contributed by atoms with Crippen LogP contribution in [-0.4, -0.2) is 13.0 Å². The third kappa shape index (κ3) is 1.64. The molecule has 0 atom stereocenters. The number of likely N-dealkylation sites (N-methyl/N-ethyl adjacent to an activating group) is 1. The zero-order valence-corrected chi connectivity index (χ0v) is 5.06. The lowest BCUT2D eigenvalue weighted by Gasteiger charge is -1.94. The summed E-state index contributed by atoms with van der Waals surface area (Å²) in [5.74, 6) is -0.132. The van der Waals surface area contributed by atoms with Crippen LogP contribution < -0.4 is 11.1 Å². The average molecular weight is 114 g/mol. The molecule has 0 saturated heterocycles. The Hall–Kier alpha value is -0.990. The van der Waals surface area contributed by atoms with Crippen molar-refractivity contribution in [2.75, 3.05) is 7.05 Å². The summed E-state index contributed by atoms with van der Waals surface area (Å²) in [7, 11) is 1.56. The molecule has 0 saturated carbocycles. The molecule has 46 valence electrons. The Morgan fingerprint density at radius 3 is 2.38 bits per heavy atom. The molecule has 0 aliphatic heterocycles. The molecule has 0 aromatic heterocycles. The summed E-state index contributed by atoms with van der Waals surface area (Å²) in [6, 6.07) is 0. The van der Waals surface area contributed by atoms with Crippen molar-refractivity contribution < 1.29 is 4.79 Å². The lowest BCUT2D eigenvalue weighted by molar-refractivity contribution is -0.117. The van der Waals surface area contributed by atoms with E-state index in [-0.39, 0.29) is 5.91 Å². The first kappa shape index (κ1) is 7.01. The van der Waals surface area contributed by atoms with Gasteiger partial charge in [0.05, 0.1) is 0 Å². The summed E-state index contributed by atoms with van der Waals surface area (Å²) in [5, 5.41) is 2.43. The van der Waals surface area contributed by atoms with E-state index in [9.17, 15) is 4.79 Å². The Balaban J connectivity index is 3.83. The summed E-state index contributed by atoms with van der Waals surface area (Å²) in [6.07, 6.45) is 1.28. The summed E-state index contributed by atoms with van der Waals surface area (Å²) in [6.45, 7) is 1.65. The van der Waals surface area contributed by atoms with E-state index in [4.69, 9.17) is 5.73 Å². The van der Waals surface area contributed by atoms with E-state index in [0.717, 1.165) is 0 Å². The number of amides is 1. The lowest BCUT2D eigenvalue weighted by atomic mass is 10.3. The molecule has 0 aromatic carbocycles. The van der Waals surface area contributed by atoms with Crippen molar-refractivity contribution in [3.05, 3.63) is 11.8 Å². The van der Waals surface area contributed by atoms with Crippen molar-refractivity contribution in [1.82, 2.24) is 5.32 Å². The predicted octanol–water partition coefficient (Wildman–Crippen LogP) is -0.405. The molecular formula is C5H10N2O. The number of rotatable bonds is 1. The van der Waals surface area contributed by atoms with Gasteiger partial charge in [0, 0.05) is 18.8 Å². The van der Waals surface area contributed by atoms with Crippen molar-refractivity contribution in [2.45, 2.75) is 6.92 Å². The highest BCUT2D eigenvalue weighted by atomic mass is 16.1. The zero-order chi connectivity index (χ0) is 6.57. The van der Waals surface area contributed by atoms with Crippen molar-refractivity contribution in [1.29, 1.82) is 0 Å². The van der Waals surface area contributed by atoms with E-state index in [2.05, 4.69) is 5.32 Å². The number of carbonyl (C=O) groups is 1. The molecule has 1 amide bonds. The minimum Gasteiger partial charge on any atom is -0.404 e. The Morgan fingerprint density at radius 2 is 2.25 bits per heavy atom. The Labute approximate surface area is 48.6 Å². The van der Waals surface area contributed by atoms with Gasteiger partial charge >= 0.3 is 0 Å². The molecule has 8 heavy (non-hydrogen) atoms. The summed E-state index contributed by atoms with van der Waals surface area (Å²) < 4.78 is 0. The molecule has 3 heteroatoms. The van der Waals surface area contributed by atoms with Gasteiger partial charge < -0.3 is 11.1 Å². The van der Waals surface area contributed by atoms with Crippen molar-refractivity contribution in [2.24, 2.45) is 5.73 Å². The van der Waals surface area contributed by atoms with E-state index in [0.29, 0.717) is 5.57 Å². The highest BCUT2D eigenvalue weighted by Crippen LogP contribution is 1.84. The van der Waals surface area contributed by atoms with Crippen LogP contribution in [0.1, 0.15) is 6.92 Å². The fourth-order valence-corrected chi connectivity index (χ4v) is 0.273. The van der Waals surface area contributed by atoms with Gasteiger partial charge in [-0.25, -0.2) is 0 Å². The maximum absolute atomic E-state index is 10.5. The lowest BCUT2D eigenvalue weighted by Crippen LogP contribution is -2.19. The van der Waals surface area contributed by atoms with Gasteiger partial charge in [-0.15, -0.1) is 0 Å². The monoisotopic (exact) mass is 114 g/mol. The predicted molar refractivity (Wildman–Crippen MR) is 32.0 cm³/mol. The van der Waals surface area contributed by atoms with Gasteiger partial charge in [0.25, 0.3) is 0 Å². The topological polar surface area (TPSA) is 55.1 Å². The quantitative estimate of drug-likeness (QED) is 0.455. The minimum atomic E-state index is -0.132. The zero-order valence-electron chi connectivity index (χ0n) is 5.06. The van der Waals surface area contributed by atoms with E-state index in [1.165, 1.54) is 6.20 Å². The summed E-state index contributed by atoms with van der Waals surface area (Å²) in [5.41, 5.74) is 5.56. The van der Waals surface area contributed by atoms with Crippen LogP contribution in [0.2, 0.25) is 0 Å². The van der Waals surface area contributed by atoms with Crippen molar-refractivity contribution in [3.8, 4) is 0 Å². The molecule has 0 rings (SSSR count). The summed E-state index contributed by atoms with van der Waals surface area (Å²) >= 11 is 0. The van der Waals surface area contributed by atoms with Crippen LogP contribution in [-0.2, 0) is 4.79 Å². The molecule has 0 aliphatic carbocycles. The molecule has 0 aromatic rings. The molecule has 0 radical (unpaired) electrons. The van der Waals surface area contributed by atoms with Crippen LogP contribution in [0, 0.1) is 0 Å². The molecule has 0 bridgehead atoms. The van der Waals surface area contributed by atoms with Crippen LogP contribution >= 0.6 is 0 Å². The third-order valence-corrected chi connectivity index (χ3v) is 0.835. The fourth-order valence-electron chi connectivity index (χ4n) is 0.273. The molecular weight excluding hydrogens is 104 g/mol. The van der Waals surface area contributed by atoms with Crippen LogP contribution in [0.3, 0.4) is 0 Å². The highest BCUT2D eigenvalue weighted by molar-refractivity contribution is 5.92. The number of nitrogens with one attached hydrogen (secondary N) is 1. The normalized spacial score (nSPS) is 11.0. The van der Waals surface area contributed by atoms with E-state index in [1.807, 2.05) is 0 Å². The number of carbonyl (C=O) groups excluding carboxylic acids is 1. The van der Waals surface area contributed by atoms with Gasteiger partial charge in [0.2, 0.25) is 5.91 Å². The van der Waals surface area contributed by atoms with Crippen LogP contribution in [0.15, 0.2) is 11.8 Å². The van der Waals surface area contributed by atoms with Gasteiger partial charge in [-0.2, -0.15) is 0 Å². The number of hydrogen-bond acceptors (Lipinski definition) is 2. The number of hydrogen-bond donors (Lipinski definition) is 2. The second kappa shape index (κ2) is 3.07. The number of nitrogens with two attached hydrogens (primary N) is 1. The molecule has 0 heterocycles. The Bertz CT molecular complexity index is 118. The third-order valence-electron chi connectivity index (χ3n) is 0.835. The molecule has 0 fully saturated rings. The molecule has 0 aliphatic rings. The molecule has 0 unspecified atom stereocenters. The highest BCUT2D eigenvalue weighted by Gasteiger charge is 1.95. The molecule has 3 nitrogen and oxygen atoms in total. The Morgan fingerprint density at radius 1 is 1.75 bits per heavy atom. The van der Waals surface area contributed by atoms with E-state index < -0.39 is 0 Å². The fraction of sp³-hybridized carbons (Fsp3) is 0.400. The SMILES string of the molecule is CNC(=O)/C(C)=C\N. The van der Waals surface area contributed by atoms with Gasteiger partial charge in [-0.1, -0.05) is 0 Å². The van der Waals surface area contributed by atoms with Crippen LogP contribution in [0.25, 0.3) is 0 Å². The van der Waals surface area contributed by atoms with E-state index in [1.54, 1.807) is 14.0 Å². The van der Waals surface area contributed by atoms with Gasteiger partial charge in [0.1, 0.15) is 0 Å². The summed E-state index contributed by atoms with van der Waals surface area (Å²) in [4.78, 5) is 10.5. The molecule has 3 N–H and O–H groups in total. The minimum absolute atomic E-state index is 0.132. The first-order chi connectivity index (χ1) is 3.72. The molecule has 0 spiro atoms. The van der Waals surface area contributed by atoms with Crippen molar-refractivity contribution >= 4 is 5.91 Å². The van der Waals surface area contributed by atoms with Gasteiger partial charge in [-0.05, 0) is 6.92 Å². The first-order valence-corrected chi connectivity index (χ1v) is 2.33. The maximum atomic E-state index is 10.5. The van der Waals surface area contributed by atoms with Gasteiger partial charge in [-0.3, -0.25) is 4.79 Å². The second-order valence-electron chi connectivity index (χ2n) is 1.43. The maximum Gasteiger partial charge on any atom is 0.248 e. The van der Waals surface area contributed by atoms with Gasteiger partial charge in [0.15, 0.2) is 0 Å². The first-order valence-electron chi connectivity index (χ1n) is 2.33. The van der Waals surface area contributed by atoms with Crippen LogP contribution in [0.4, 0.5) is 0 Å². The van der Waals surface area contributed by atoms with E-state index >= 15 is 0 Å². The Kier molecular flexibility index (Phi) is 2.69. The largest absolute Gasteiger partial charge is 0.404 e. The average Bonchev–Trinajstić information content (AvgIpc) is 1.84. The second-order valence-corrected chi connectivity index (χ2v) is 1.43. The smallest absolute Gasteiger partial charge is 0.248 e.